The van der Waals surface area contributed by atoms with Gasteiger partial charge in [0.05, 0.1) is 0 Å². The van der Waals surface area contributed by atoms with Gasteiger partial charge < -0.3 is 0 Å². The van der Waals surface area contributed by atoms with E-state index in [0.29, 0.717) is 29.1 Å². The predicted molar refractivity (Wildman–Crippen MR) is 72.3 cm³/mol. The van der Waals surface area contributed by atoms with E-state index in [4.69, 9.17) is 0 Å². The fourth-order valence-electron chi connectivity index (χ4n) is 1.93. The van der Waals surface area contributed by atoms with Gasteiger partial charge in [0, 0.05) is 5.75 Å². The van der Waals surface area contributed by atoms with Gasteiger partial charge in [-0.25, -0.2) is 0 Å². The minimum atomic E-state index is -6.29. The molecule has 0 spiro atoms. The maximum absolute atomic E-state index is 14.2. The molecule has 0 saturated carbocycles. The lowest BCUT2D eigenvalue weighted by atomic mass is 9.98. The first-order chi connectivity index (χ1) is 9.32. The van der Waals surface area contributed by atoms with Gasteiger partial charge in [-0.2, -0.15) is 30.7 Å². The monoisotopic (exact) mass is 356 g/mol. The Hall–Kier alpha value is -0.0500. The minimum Gasteiger partial charge on any atom is -0.197 e. The molecule has 0 bridgehead atoms. The van der Waals surface area contributed by atoms with E-state index in [1.54, 1.807) is 6.92 Å². The number of alkyl halides is 7. The second kappa shape index (κ2) is 5.86. The van der Waals surface area contributed by atoms with Crippen molar-refractivity contribution in [2.24, 2.45) is 0 Å². The van der Waals surface area contributed by atoms with Crippen LogP contribution in [0.4, 0.5) is 30.7 Å². The summed E-state index contributed by atoms with van der Waals surface area (Å²) in [6.45, 7) is 4.60. The van der Waals surface area contributed by atoms with Gasteiger partial charge in [-0.1, -0.05) is 18.1 Å². The smallest absolute Gasteiger partial charge is 0.197 e. The lowest BCUT2D eigenvalue weighted by Crippen LogP contribution is -2.62. The number of halogens is 7. The Kier molecular flexibility index (Phi) is 5.31. The molecule has 1 aliphatic rings. The molecule has 1 unspecified atom stereocenters. The molecule has 21 heavy (non-hydrogen) atoms. The normalized spacial score (nSPS) is 25.4. The van der Waals surface area contributed by atoms with Crippen LogP contribution >= 0.6 is 23.5 Å². The SMILES string of the molecule is CCSC1(C(F)(F)C(F)(F)C(F)(F)F)CC(C)=C(C)CS1. The molecule has 0 aliphatic carbocycles. The molecule has 9 heteroatoms. The third-order valence-electron chi connectivity index (χ3n) is 3.35. The van der Waals surface area contributed by atoms with Crippen molar-refractivity contribution in [1.82, 2.24) is 0 Å². The highest BCUT2D eigenvalue weighted by Gasteiger charge is 2.79. The van der Waals surface area contributed by atoms with Crippen LogP contribution in [0.2, 0.25) is 0 Å². The summed E-state index contributed by atoms with van der Waals surface area (Å²) in [5.74, 6) is -11.2. The van der Waals surface area contributed by atoms with E-state index in [-0.39, 0.29) is 11.5 Å². The quantitative estimate of drug-likeness (QED) is 0.465. The zero-order valence-corrected chi connectivity index (χ0v) is 13.2. The highest BCUT2D eigenvalue weighted by Crippen LogP contribution is 2.62. The van der Waals surface area contributed by atoms with E-state index in [2.05, 4.69) is 0 Å². The van der Waals surface area contributed by atoms with Gasteiger partial charge in [0.2, 0.25) is 0 Å². The van der Waals surface area contributed by atoms with Crippen LogP contribution in [0.5, 0.6) is 0 Å². The Morgan fingerprint density at radius 2 is 1.57 bits per heavy atom. The summed E-state index contributed by atoms with van der Waals surface area (Å²) < 4.78 is 89.8. The fraction of sp³-hybridized carbons (Fsp3) is 0.833. The molecule has 1 rings (SSSR count). The van der Waals surface area contributed by atoms with E-state index < -0.39 is 28.5 Å². The topological polar surface area (TPSA) is 0 Å². The molecule has 1 atom stereocenters. The maximum atomic E-state index is 14.2. The molecule has 0 amide bonds. The number of hydrogen-bond donors (Lipinski definition) is 0. The van der Waals surface area contributed by atoms with E-state index in [1.165, 1.54) is 13.8 Å². The van der Waals surface area contributed by atoms with Gasteiger partial charge in [0.15, 0.2) is 0 Å². The Balaban J connectivity index is 3.35. The van der Waals surface area contributed by atoms with Crippen molar-refractivity contribution < 1.29 is 30.7 Å². The molecule has 0 aromatic rings. The number of hydrogen-bond acceptors (Lipinski definition) is 2. The van der Waals surface area contributed by atoms with Crippen molar-refractivity contribution in [3.63, 3.8) is 0 Å². The molecule has 0 nitrogen and oxygen atoms in total. The summed E-state index contributed by atoms with van der Waals surface area (Å²) >= 11 is 0.926. The second-order valence-electron chi connectivity index (χ2n) is 4.86. The number of allylic oxidation sites excluding steroid dienone is 1. The summed E-state index contributed by atoms with van der Waals surface area (Å²) in [6, 6.07) is 0. The summed E-state index contributed by atoms with van der Waals surface area (Å²) in [5.41, 5.74) is 1.17. The average Bonchev–Trinajstić information content (AvgIpc) is 2.32. The first-order valence-electron chi connectivity index (χ1n) is 6.08. The van der Waals surface area contributed by atoms with Crippen molar-refractivity contribution in [2.75, 3.05) is 11.5 Å². The van der Waals surface area contributed by atoms with Gasteiger partial charge in [-0.05, 0) is 26.0 Å². The minimum absolute atomic E-state index is 0.0162. The van der Waals surface area contributed by atoms with E-state index in [1.807, 2.05) is 0 Å². The molecule has 0 aromatic carbocycles. The maximum Gasteiger partial charge on any atom is 0.459 e. The fourth-order valence-corrected chi connectivity index (χ4v) is 5.22. The van der Waals surface area contributed by atoms with Crippen molar-refractivity contribution in [3.05, 3.63) is 11.1 Å². The Morgan fingerprint density at radius 3 is 1.95 bits per heavy atom. The molecule has 0 N–H and O–H groups in total. The van der Waals surface area contributed by atoms with Crippen molar-refractivity contribution >= 4 is 23.5 Å². The summed E-state index contributed by atoms with van der Waals surface area (Å²) in [4.78, 5) is 0. The van der Waals surface area contributed by atoms with Gasteiger partial charge >= 0.3 is 18.0 Å². The predicted octanol–water partition coefficient (Wildman–Crippen LogP) is 5.74. The first-order valence-corrected chi connectivity index (χ1v) is 8.05. The zero-order valence-electron chi connectivity index (χ0n) is 11.6. The molecule has 1 aliphatic heterocycles. The standard InChI is InChI=1S/C12H15F7S2/c1-4-20-9(5-7(2)8(3)6-21-9)10(13,14)11(15,16)12(17,18)19/h4-6H2,1-3H3. The van der Waals surface area contributed by atoms with Crippen molar-refractivity contribution in [2.45, 2.75) is 49.3 Å². The van der Waals surface area contributed by atoms with E-state index in [9.17, 15) is 30.7 Å². The zero-order chi connectivity index (χ0) is 16.7. The van der Waals surface area contributed by atoms with Crippen molar-refractivity contribution in [1.29, 1.82) is 0 Å². The Bertz CT molecular complexity index is 428. The molecule has 1 heterocycles. The molecule has 0 saturated heterocycles. The third kappa shape index (κ3) is 3.04. The second-order valence-corrected chi connectivity index (χ2v) is 7.95. The van der Waals surface area contributed by atoms with Crippen LogP contribution in [-0.4, -0.2) is 33.6 Å². The first kappa shape index (κ1) is 19.0. The van der Waals surface area contributed by atoms with Crippen LogP contribution in [0.25, 0.3) is 0 Å². The van der Waals surface area contributed by atoms with E-state index in [0.717, 1.165) is 5.57 Å². The summed E-state index contributed by atoms with van der Waals surface area (Å²) in [6.07, 6.45) is -6.79. The van der Waals surface area contributed by atoms with Gasteiger partial charge in [0.25, 0.3) is 0 Å². The molecule has 124 valence electrons. The van der Waals surface area contributed by atoms with Crippen LogP contribution < -0.4 is 0 Å². The number of thioether (sulfide) groups is 2. The summed E-state index contributed by atoms with van der Waals surface area (Å²) in [5, 5.41) is 0. The van der Waals surface area contributed by atoms with Gasteiger partial charge in [-0.15, -0.1) is 23.5 Å². The molecular formula is C12H15F7S2. The lowest BCUT2D eigenvalue weighted by Gasteiger charge is -2.45. The Labute approximate surface area is 126 Å². The molecule has 0 aromatic heterocycles. The van der Waals surface area contributed by atoms with Gasteiger partial charge in [0.1, 0.15) is 4.08 Å². The van der Waals surface area contributed by atoms with Gasteiger partial charge in [-0.3, -0.25) is 0 Å². The van der Waals surface area contributed by atoms with E-state index >= 15 is 0 Å². The molecule has 0 fully saturated rings. The van der Waals surface area contributed by atoms with Crippen LogP contribution in [0.15, 0.2) is 11.1 Å². The molecular weight excluding hydrogens is 341 g/mol. The highest BCUT2D eigenvalue weighted by molar-refractivity contribution is 8.18. The van der Waals surface area contributed by atoms with Crippen LogP contribution in [0.3, 0.4) is 0 Å². The Morgan fingerprint density at radius 1 is 1.05 bits per heavy atom. The van der Waals surface area contributed by atoms with Crippen molar-refractivity contribution in [3.8, 4) is 0 Å². The largest absolute Gasteiger partial charge is 0.459 e. The highest BCUT2D eigenvalue weighted by atomic mass is 32.2. The van der Waals surface area contributed by atoms with Crippen LogP contribution in [0, 0.1) is 0 Å². The van der Waals surface area contributed by atoms with Crippen LogP contribution in [0.1, 0.15) is 27.2 Å². The van der Waals surface area contributed by atoms with Crippen LogP contribution in [-0.2, 0) is 0 Å². The average molecular weight is 356 g/mol. The summed E-state index contributed by atoms with van der Waals surface area (Å²) in [7, 11) is 0. The third-order valence-corrected chi connectivity index (χ3v) is 6.66. The lowest BCUT2D eigenvalue weighted by molar-refractivity contribution is -0.356. The molecule has 0 radical (unpaired) electrons. The number of rotatable bonds is 4.